The first-order chi connectivity index (χ1) is 12.2. The Morgan fingerprint density at radius 2 is 2.20 bits per heavy atom. The maximum atomic E-state index is 13.2. The van der Waals surface area contributed by atoms with E-state index in [1.54, 1.807) is 6.20 Å². The molecular formula is C18H20N4O3. The zero-order valence-corrected chi connectivity index (χ0v) is 14.1. The van der Waals surface area contributed by atoms with Crippen LogP contribution in [0, 0.1) is 0 Å². The standard InChI is InChI=1S/C18H20N4O3/c1-25-15-10-20-16(21-17(15)23)14-6-3-9-22(14)18(24)12-7-8-19-13-5-2-4-11(12)13/h7-8,10,14H,2-6,9H2,1H3,(H,20,21,23). The Bertz CT molecular complexity index is 877. The first-order valence-corrected chi connectivity index (χ1v) is 8.60. The quantitative estimate of drug-likeness (QED) is 0.918. The van der Waals surface area contributed by atoms with Gasteiger partial charge in [-0.25, -0.2) is 4.98 Å². The Labute approximate surface area is 145 Å². The minimum Gasteiger partial charge on any atom is -0.490 e. The molecule has 0 aromatic carbocycles. The fourth-order valence-corrected chi connectivity index (χ4v) is 3.82. The molecular weight excluding hydrogens is 320 g/mol. The van der Waals surface area contributed by atoms with Gasteiger partial charge in [0.2, 0.25) is 5.75 Å². The second-order valence-corrected chi connectivity index (χ2v) is 6.46. The van der Waals surface area contributed by atoms with Gasteiger partial charge in [0.1, 0.15) is 5.82 Å². The van der Waals surface area contributed by atoms with Crippen molar-refractivity contribution in [3.8, 4) is 5.75 Å². The number of aromatic amines is 1. The lowest BCUT2D eigenvalue weighted by Crippen LogP contribution is -2.33. The number of aryl methyl sites for hydroxylation is 1. The van der Waals surface area contributed by atoms with Crippen molar-refractivity contribution in [2.24, 2.45) is 0 Å². The molecule has 0 radical (unpaired) electrons. The first kappa shape index (κ1) is 15.8. The van der Waals surface area contributed by atoms with Crippen LogP contribution in [0.2, 0.25) is 0 Å². The smallest absolute Gasteiger partial charge is 0.293 e. The fourth-order valence-electron chi connectivity index (χ4n) is 3.82. The molecule has 1 aliphatic carbocycles. The van der Waals surface area contributed by atoms with Gasteiger partial charge in [-0.3, -0.25) is 14.6 Å². The van der Waals surface area contributed by atoms with E-state index in [-0.39, 0.29) is 23.3 Å². The number of H-pyrrole nitrogens is 1. The molecule has 25 heavy (non-hydrogen) atoms. The molecule has 130 valence electrons. The van der Waals surface area contributed by atoms with Gasteiger partial charge in [0, 0.05) is 24.0 Å². The molecule has 1 atom stereocenters. The normalized spacial score (nSPS) is 19.1. The first-order valence-electron chi connectivity index (χ1n) is 8.60. The topological polar surface area (TPSA) is 88.2 Å². The molecule has 0 bridgehead atoms. The van der Waals surface area contributed by atoms with E-state index < -0.39 is 0 Å². The van der Waals surface area contributed by atoms with Crippen LogP contribution in [0.3, 0.4) is 0 Å². The van der Waals surface area contributed by atoms with Crippen molar-refractivity contribution in [1.29, 1.82) is 0 Å². The summed E-state index contributed by atoms with van der Waals surface area (Å²) in [4.78, 5) is 38.4. The second kappa shape index (κ2) is 6.31. The van der Waals surface area contributed by atoms with Crippen molar-refractivity contribution in [3.63, 3.8) is 0 Å². The molecule has 1 N–H and O–H groups in total. The molecule has 0 spiro atoms. The van der Waals surface area contributed by atoms with E-state index in [0.29, 0.717) is 12.4 Å². The summed E-state index contributed by atoms with van der Waals surface area (Å²) in [5.41, 5.74) is 2.54. The number of aromatic nitrogens is 3. The molecule has 1 unspecified atom stereocenters. The summed E-state index contributed by atoms with van der Waals surface area (Å²) in [6, 6.07) is 1.60. The number of carbonyl (C=O) groups excluding carboxylic acids is 1. The molecule has 1 amide bonds. The van der Waals surface area contributed by atoms with Crippen LogP contribution in [0.5, 0.6) is 5.75 Å². The molecule has 2 aliphatic rings. The Morgan fingerprint density at radius 1 is 1.32 bits per heavy atom. The summed E-state index contributed by atoms with van der Waals surface area (Å²) in [6.07, 6.45) is 7.69. The van der Waals surface area contributed by atoms with E-state index in [1.807, 2.05) is 11.0 Å². The Hall–Kier alpha value is -2.70. The largest absolute Gasteiger partial charge is 0.490 e. The number of pyridine rings is 1. The number of hydrogen-bond donors (Lipinski definition) is 1. The average molecular weight is 340 g/mol. The average Bonchev–Trinajstić information content (AvgIpc) is 3.29. The Morgan fingerprint density at radius 3 is 3.00 bits per heavy atom. The highest BCUT2D eigenvalue weighted by molar-refractivity contribution is 5.96. The summed E-state index contributed by atoms with van der Waals surface area (Å²) < 4.78 is 4.96. The molecule has 7 heteroatoms. The van der Waals surface area contributed by atoms with E-state index in [4.69, 9.17) is 4.74 Å². The summed E-state index contributed by atoms with van der Waals surface area (Å²) >= 11 is 0. The molecule has 0 saturated carbocycles. The fraction of sp³-hybridized carbons (Fsp3) is 0.444. The van der Waals surface area contributed by atoms with Crippen molar-refractivity contribution in [2.45, 2.75) is 38.1 Å². The van der Waals surface area contributed by atoms with Crippen molar-refractivity contribution in [1.82, 2.24) is 19.9 Å². The summed E-state index contributed by atoms with van der Waals surface area (Å²) in [6.45, 7) is 0.663. The summed E-state index contributed by atoms with van der Waals surface area (Å²) in [7, 11) is 1.43. The zero-order chi connectivity index (χ0) is 17.4. The number of carbonyl (C=O) groups is 1. The van der Waals surface area contributed by atoms with Crippen LogP contribution in [0.1, 0.15) is 52.7 Å². The highest BCUT2D eigenvalue weighted by atomic mass is 16.5. The van der Waals surface area contributed by atoms with Gasteiger partial charge < -0.3 is 14.6 Å². The van der Waals surface area contributed by atoms with Gasteiger partial charge in [-0.1, -0.05) is 0 Å². The van der Waals surface area contributed by atoms with E-state index in [2.05, 4.69) is 15.0 Å². The van der Waals surface area contributed by atoms with Gasteiger partial charge in [0.15, 0.2) is 0 Å². The van der Waals surface area contributed by atoms with E-state index in [1.165, 1.54) is 13.3 Å². The number of nitrogens with zero attached hydrogens (tertiary/aromatic N) is 3. The number of hydrogen-bond acceptors (Lipinski definition) is 5. The van der Waals surface area contributed by atoms with Gasteiger partial charge in [0.05, 0.1) is 19.3 Å². The third-order valence-corrected chi connectivity index (χ3v) is 5.05. The number of nitrogens with one attached hydrogen (secondary N) is 1. The van der Waals surface area contributed by atoms with Gasteiger partial charge in [-0.2, -0.15) is 0 Å². The Balaban J connectivity index is 1.66. The monoisotopic (exact) mass is 340 g/mol. The highest BCUT2D eigenvalue weighted by Gasteiger charge is 2.34. The van der Waals surface area contributed by atoms with Gasteiger partial charge in [-0.05, 0) is 43.7 Å². The van der Waals surface area contributed by atoms with Gasteiger partial charge in [-0.15, -0.1) is 0 Å². The third kappa shape index (κ3) is 2.69. The summed E-state index contributed by atoms with van der Waals surface area (Å²) in [5, 5.41) is 0. The molecule has 2 aromatic rings. The van der Waals surface area contributed by atoms with Crippen molar-refractivity contribution < 1.29 is 9.53 Å². The SMILES string of the molecule is COc1cnc(C2CCCN2C(=O)c2ccnc3c2CCC3)[nH]c1=O. The lowest BCUT2D eigenvalue weighted by atomic mass is 10.1. The molecule has 7 nitrogen and oxygen atoms in total. The lowest BCUT2D eigenvalue weighted by molar-refractivity contribution is 0.0728. The van der Waals surface area contributed by atoms with Gasteiger partial charge in [0.25, 0.3) is 11.5 Å². The molecule has 3 heterocycles. The van der Waals surface area contributed by atoms with E-state index in [9.17, 15) is 9.59 Å². The highest BCUT2D eigenvalue weighted by Crippen LogP contribution is 2.33. The van der Waals surface area contributed by atoms with Crippen LogP contribution < -0.4 is 10.3 Å². The maximum Gasteiger partial charge on any atom is 0.293 e. The molecule has 1 saturated heterocycles. The van der Waals surface area contributed by atoms with Crippen molar-refractivity contribution in [2.75, 3.05) is 13.7 Å². The Kier molecular flexibility index (Phi) is 3.99. The molecule has 2 aromatic heterocycles. The lowest BCUT2D eigenvalue weighted by Gasteiger charge is -2.25. The zero-order valence-electron chi connectivity index (χ0n) is 14.1. The predicted molar refractivity (Wildman–Crippen MR) is 90.7 cm³/mol. The number of likely N-dealkylation sites (tertiary alicyclic amines) is 1. The second-order valence-electron chi connectivity index (χ2n) is 6.46. The van der Waals surface area contributed by atoms with Crippen LogP contribution in [0.15, 0.2) is 23.3 Å². The molecule has 4 rings (SSSR count). The third-order valence-electron chi connectivity index (χ3n) is 5.05. The van der Waals surface area contributed by atoms with Crippen LogP contribution in [0.4, 0.5) is 0 Å². The summed E-state index contributed by atoms with van der Waals surface area (Å²) in [5.74, 6) is 0.690. The minimum atomic E-state index is -0.323. The van der Waals surface area contributed by atoms with Crippen molar-refractivity contribution in [3.05, 3.63) is 51.5 Å². The van der Waals surface area contributed by atoms with E-state index in [0.717, 1.165) is 48.9 Å². The van der Waals surface area contributed by atoms with Crippen LogP contribution >= 0.6 is 0 Å². The number of ether oxygens (including phenoxy) is 1. The number of methoxy groups -OCH3 is 1. The minimum absolute atomic E-state index is 0.00140. The number of rotatable bonds is 3. The van der Waals surface area contributed by atoms with Crippen LogP contribution in [0.25, 0.3) is 0 Å². The molecule has 1 fully saturated rings. The van der Waals surface area contributed by atoms with Gasteiger partial charge >= 0.3 is 0 Å². The number of fused-ring (bicyclic) bond motifs is 1. The van der Waals surface area contributed by atoms with Crippen LogP contribution in [-0.2, 0) is 12.8 Å². The van der Waals surface area contributed by atoms with Crippen molar-refractivity contribution >= 4 is 5.91 Å². The predicted octanol–water partition coefficient (Wildman–Crippen LogP) is 1.64. The van der Waals surface area contributed by atoms with E-state index >= 15 is 0 Å². The number of amides is 1. The van der Waals surface area contributed by atoms with Crippen LogP contribution in [-0.4, -0.2) is 39.4 Å². The molecule has 1 aliphatic heterocycles. The maximum absolute atomic E-state index is 13.2.